The van der Waals surface area contributed by atoms with Crippen LogP contribution in [0.4, 0.5) is 0 Å². The van der Waals surface area contributed by atoms with Gasteiger partial charge in [0.2, 0.25) is 0 Å². The van der Waals surface area contributed by atoms with Crippen LogP contribution in [0.3, 0.4) is 0 Å². The summed E-state index contributed by atoms with van der Waals surface area (Å²) in [7, 11) is 0. The average molecular weight is 174 g/mol. The number of benzene rings is 1. The highest BCUT2D eigenvalue weighted by atomic mass is 16.7. The van der Waals surface area contributed by atoms with Crippen LogP contribution in [0.5, 0.6) is 5.75 Å². The first-order valence-corrected chi connectivity index (χ1v) is 4.47. The van der Waals surface area contributed by atoms with Crippen molar-refractivity contribution in [1.82, 2.24) is 0 Å². The van der Waals surface area contributed by atoms with Crippen molar-refractivity contribution in [2.45, 2.75) is 13.0 Å². The normalized spacial score (nSPS) is 17.8. The lowest BCUT2D eigenvalue weighted by Gasteiger charge is -2.19. The first-order valence-electron chi connectivity index (χ1n) is 4.47. The van der Waals surface area contributed by atoms with Gasteiger partial charge in [0.05, 0.1) is 6.61 Å². The molecule has 2 nitrogen and oxygen atoms in total. The van der Waals surface area contributed by atoms with E-state index in [1.165, 1.54) is 11.1 Å². The maximum atomic E-state index is 5.49. The molecule has 0 amide bonds. The zero-order valence-electron chi connectivity index (χ0n) is 7.25. The van der Waals surface area contributed by atoms with Gasteiger partial charge >= 0.3 is 0 Å². The Labute approximate surface area is 76.8 Å². The van der Waals surface area contributed by atoms with Gasteiger partial charge < -0.3 is 9.47 Å². The molecule has 2 aliphatic rings. The summed E-state index contributed by atoms with van der Waals surface area (Å²) in [5.41, 5.74) is 3.78. The van der Waals surface area contributed by atoms with Gasteiger partial charge in [-0.3, -0.25) is 0 Å². The predicted octanol–water partition coefficient (Wildman–Crippen LogP) is 2.12. The third-order valence-electron chi connectivity index (χ3n) is 2.53. The maximum absolute atomic E-state index is 5.49. The Morgan fingerprint density at radius 2 is 2.08 bits per heavy atom. The van der Waals surface area contributed by atoms with Crippen LogP contribution in [0, 0.1) is 0 Å². The second kappa shape index (κ2) is 2.60. The lowest BCUT2D eigenvalue weighted by Crippen LogP contribution is -2.12. The number of fused-ring (bicyclic) bond motifs is 3. The Kier molecular flexibility index (Phi) is 1.43. The second-order valence-electron chi connectivity index (χ2n) is 3.34. The minimum atomic E-state index is 0.386. The fraction of sp³-hybridized carbons (Fsp3) is 0.273. The van der Waals surface area contributed by atoms with Crippen LogP contribution in [0.2, 0.25) is 0 Å². The molecule has 0 saturated carbocycles. The monoisotopic (exact) mass is 174 g/mol. The number of hydrogen-bond donors (Lipinski definition) is 0. The molecule has 1 aromatic rings. The Morgan fingerprint density at radius 1 is 1.15 bits per heavy atom. The summed E-state index contributed by atoms with van der Waals surface area (Å²) in [6, 6.07) is 4.26. The Morgan fingerprint density at radius 3 is 3.08 bits per heavy atom. The molecule has 0 saturated heterocycles. The average Bonchev–Trinajstić information content (AvgIpc) is 2.65. The summed E-state index contributed by atoms with van der Waals surface area (Å²) in [6.07, 6.45) is 5.34. The van der Waals surface area contributed by atoms with E-state index in [0.29, 0.717) is 13.4 Å². The lowest BCUT2D eigenvalue weighted by molar-refractivity contribution is -0.0165. The van der Waals surface area contributed by atoms with E-state index in [9.17, 15) is 0 Å². The van der Waals surface area contributed by atoms with Gasteiger partial charge in [-0.25, -0.2) is 0 Å². The first-order chi connectivity index (χ1) is 6.45. The van der Waals surface area contributed by atoms with Crippen molar-refractivity contribution in [3.8, 4) is 5.75 Å². The molecular formula is C11H10O2. The van der Waals surface area contributed by atoms with Crippen LogP contribution in [-0.4, -0.2) is 6.79 Å². The van der Waals surface area contributed by atoms with Crippen LogP contribution in [0.1, 0.15) is 16.7 Å². The highest BCUT2D eigenvalue weighted by molar-refractivity contribution is 5.68. The molecule has 1 aromatic carbocycles. The van der Waals surface area contributed by atoms with Gasteiger partial charge in [-0.2, -0.15) is 0 Å². The zero-order valence-corrected chi connectivity index (χ0v) is 7.25. The van der Waals surface area contributed by atoms with Crippen LogP contribution in [-0.2, 0) is 17.8 Å². The van der Waals surface area contributed by atoms with Gasteiger partial charge in [-0.15, -0.1) is 0 Å². The summed E-state index contributed by atoms with van der Waals surface area (Å²) in [4.78, 5) is 0. The van der Waals surface area contributed by atoms with E-state index in [2.05, 4.69) is 24.3 Å². The van der Waals surface area contributed by atoms with E-state index >= 15 is 0 Å². The van der Waals surface area contributed by atoms with Crippen molar-refractivity contribution in [3.63, 3.8) is 0 Å². The molecule has 2 heteroatoms. The SMILES string of the molecule is C1=Cc2c(ccc3c2OCOC3)C1. The van der Waals surface area contributed by atoms with Gasteiger partial charge in [0.15, 0.2) is 6.79 Å². The fourth-order valence-electron chi connectivity index (χ4n) is 1.89. The molecule has 0 spiro atoms. The minimum absolute atomic E-state index is 0.386. The number of allylic oxidation sites excluding steroid dienone is 1. The summed E-state index contributed by atoms with van der Waals surface area (Å²) >= 11 is 0. The van der Waals surface area contributed by atoms with E-state index in [1.807, 2.05) is 0 Å². The molecule has 0 atom stereocenters. The van der Waals surface area contributed by atoms with Gasteiger partial charge in [-0.05, 0) is 12.0 Å². The van der Waals surface area contributed by atoms with E-state index in [4.69, 9.17) is 9.47 Å². The maximum Gasteiger partial charge on any atom is 0.189 e. The standard InChI is InChI=1S/C11H10O2/c1-2-8-4-5-9-6-12-7-13-11(9)10(8)3-1/h1,3-5H,2,6-7H2. The van der Waals surface area contributed by atoms with Crippen molar-refractivity contribution >= 4 is 6.08 Å². The number of hydrogen-bond acceptors (Lipinski definition) is 2. The predicted molar refractivity (Wildman–Crippen MR) is 49.5 cm³/mol. The molecule has 1 aliphatic carbocycles. The quantitative estimate of drug-likeness (QED) is 0.599. The van der Waals surface area contributed by atoms with Crippen molar-refractivity contribution in [1.29, 1.82) is 0 Å². The number of ether oxygens (including phenoxy) is 2. The molecule has 66 valence electrons. The first kappa shape index (κ1) is 7.15. The van der Waals surface area contributed by atoms with Crippen molar-refractivity contribution < 1.29 is 9.47 Å². The third-order valence-corrected chi connectivity index (χ3v) is 2.53. The summed E-state index contributed by atoms with van der Waals surface area (Å²) in [6.45, 7) is 1.06. The molecule has 0 fully saturated rings. The highest BCUT2D eigenvalue weighted by Crippen LogP contribution is 2.34. The largest absolute Gasteiger partial charge is 0.467 e. The topological polar surface area (TPSA) is 18.5 Å². The molecule has 0 bridgehead atoms. The summed E-state index contributed by atoms with van der Waals surface area (Å²) < 4.78 is 10.7. The van der Waals surface area contributed by atoms with Gasteiger partial charge in [0, 0.05) is 11.1 Å². The fourth-order valence-corrected chi connectivity index (χ4v) is 1.89. The molecule has 3 rings (SSSR count). The molecule has 0 aromatic heterocycles. The van der Waals surface area contributed by atoms with E-state index in [0.717, 1.165) is 17.7 Å². The third kappa shape index (κ3) is 0.988. The number of rotatable bonds is 0. The van der Waals surface area contributed by atoms with E-state index in [-0.39, 0.29) is 0 Å². The van der Waals surface area contributed by atoms with E-state index < -0.39 is 0 Å². The van der Waals surface area contributed by atoms with Crippen LogP contribution in [0.15, 0.2) is 18.2 Å². The Balaban J connectivity index is 2.21. The van der Waals surface area contributed by atoms with Crippen molar-refractivity contribution in [2.75, 3.05) is 6.79 Å². The highest BCUT2D eigenvalue weighted by Gasteiger charge is 2.18. The Hall–Kier alpha value is -1.28. The van der Waals surface area contributed by atoms with E-state index in [1.54, 1.807) is 0 Å². The Bertz CT molecular complexity index is 380. The minimum Gasteiger partial charge on any atom is -0.467 e. The lowest BCUT2D eigenvalue weighted by atomic mass is 10.0. The molecule has 1 aliphatic heterocycles. The molecule has 0 radical (unpaired) electrons. The van der Waals surface area contributed by atoms with Gasteiger partial charge in [-0.1, -0.05) is 24.3 Å². The van der Waals surface area contributed by atoms with Gasteiger partial charge in [0.25, 0.3) is 0 Å². The van der Waals surface area contributed by atoms with Crippen molar-refractivity contribution in [3.05, 3.63) is 34.9 Å². The molecular weight excluding hydrogens is 164 g/mol. The smallest absolute Gasteiger partial charge is 0.189 e. The molecule has 0 N–H and O–H groups in total. The van der Waals surface area contributed by atoms with Crippen molar-refractivity contribution in [2.24, 2.45) is 0 Å². The van der Waals surface area contributed by atoms with Crippen LogP contribution in [0.25, 0.3) is 6.08 Å². The molecule has 0 unspecified atom stereocenters. The summed E-state index contributed by atoms with van der Waals surface area (Å²) in [5.74, 6) is 1.03. The summed E-state index contributed by atoms with van der Waals surface area (Å²) in [5, 5.41) is 0. The zero-order chi connectivity index (χ0) is 8.67. The molecule has 13 heavy (non-hydrogen) atoms. The van der Waals surface area contributed by atoms with Crippen LogP contribution >= 0.6 is 0 Å². The second-order valence-corrected chi connectivity index (χ2v) is 3.34. The molecule has 1 heterocycles. The van der Waals surface area contributed by atoms with Gasteiger partial charge in [0.1, 0.15) is 5.75 Å². The van der Waals surface area contributed by atoms with Crippen LogP contribution < -0.4 is 4.74 Å².